The van der Waals surface area contributed by atoms with Crippen molar-refractivity contribution in [2.45, 2.75) is 20.3 Å². The predicted octanol–water partition coefficient (Wildman–Crippen LogP) is 0.589. The predicted molar refractivity (Wildman–Crippen MR) is 46.6 cm³/mol. The maximum absolute atomic E-state index is 11.3. The highest BCUT2D eigenvalue weighted by Gasteiger charge is 2.34. The van der Waals surface area contributed by atoms with E-state index < -0.39 is 5.97 Å². The van der Waals surface area contributed by atoms with E-state index in [1.807, 2.05) is 6.92 Å². The minimum Gasteiger partial charge on any atom is -0.466 e. The maximum Gasteiger partial charge on any atom is 0.336 e. The fraction of sp³-hybridized carbons (Fsp3) is 0.556. The molecule has 1 rings (SSSR count). The van der Waals surface area contributed by atoms with Crippen molar-refractivity contribution in [2.75, 3.05) is 7.11 Å². The first-order chi connectivity index (χ1) is 6.11. The lowest BCUT2D eigenvalue weighted by Gasteiger charge is -2.07. The van der Waals surface area contributed by atoms with Gasteiger partial charge in [0.15, 0.2) is 0 Å². The largest absolute Gasteiger partial charge is 0.466 e. The lowest BCUT2D eigenvalue weighted by molar-refractivity contribution is -0.137. The number of nitrogens with one attached hydrogen (secondary N) is 1. The number of allylic oxidation sites excluding steroid dienone is 1. The molecule has 1 N–H and O–H groups in total. The number of esters is 1. The molecule has 0 radical (unpaired) electrons. The number of hydrogen-bond donors (Lipinski definition) is 1. The average molecular weight is 183 g/mol. The van der Waals surface area contributed by atoms with E-state index in [-0.39, 0.29) is 11.8 Å². The van der Waals surface area contributed by atoms with Gasteiger partial charge in [0.25, 0.3) is 0 Å². The lowest BCUT2D eigenvalue weighted by Crippen LogP contribution is -2.22. The van der Waals surface area contributed by atoms with Crippen molar-refractivity contribution in [2.24, 2.45) is 5.92 Å². The molecule has 0 aromatic carbocycles. The van der Waals surface area contributed by atoms with Crippen LogP contribution in [0, 0.1) is 5.92 Å². The van der Waals surface area contributed by atoms with E-state index in [9.17, 15) is 9.59 Å². The number of carbonyl (C=O) groups is 2. The molecule has 0 aliphatic carbocycles. The van der Waals surface area contributed by atoms with Crippen molar-refractivity contribution in [3.8, 4) is 0 Å². The summed E-state index contributed by atoms with van der Waals surface area (Å²) in [4.78, 5) is 22.6. The molecule has 0 aromatic heterocycles. The highest BCUT2D eigenvalue weighted by Crippen LogP contribution is 2.25. The van der Waals surface area contributed by atoms with Gasteiger partial charge in [-0.25, -0.2) is 4.79 Å². The van der Waals surface area contributed by atoms with E-state index in [1.54, 1.807) is 6.92 Å². The molecule has 0 aromatic rings. The molecule has 72 valence electrons. The monoisotopic (exact) mass is 183 g/mol. The first kappa shape index (κ1) is 9.77. The second kappa shape index (κ2) is 3.60. The van der Waals surface area contributed by atoms with Gasteiger partial charge in [-0.3, -0.25) is 4.79 Å². The van der Waals surface area contributed by atoms with Crippen LogP contribution in [0.4, 0.5) is 0 Å². The molecule has 1 amide bonds. The molecule has 1 atom stereocenters. The van der Waals surface area contributed by atoms with Gasteiger partial charge in [-0.15, -0.1) is 0 Å². The first-order valence-corrected chi connectivity index (χ1v) is 4.21. The molecular formula is C9H13NO3. The summed E-state index contributed by atoms with van der Waals surface area (Å²) in [6, 6.07) is 0. The minimum atomic E-state index is -0.414. The topological polar surface area (TPSA) is 55.4 Å². The molecule has 0 saturated carbocycles. The van der Waals surface area contributed by atoms with E-state index in [0.717, 1.165) is 0 Å². The first-order valence-electron chi connectivity index (χ1n) is 4.21. The zero-order chi connectivity index (χ0) is 10.0. The SMILES string of the molecule is CCC1C(=O)NC(C)=C1C(=O)OC. The standard InChI is InChI=1S/C9H13NO3/c1-4-6-7(9(12)13-3)5(2)10-8(6)11/h6H,4H2,1-3H3,(H,10,11). The number of carbonyl (C=O) groups excluding carboxylic acids is 2. The summed E-state index contributed by atoms with van der Waals surface area (Å²) < 4.78 is 4.60. The Labute approximate surface area is 76.9 Å². The molecular weight excluding hydrogens is 170 g/mol. The van der Waals surface area contributed by atoms with Crippen LogP contribution in [-0.4, -0.2) is 19.0 Å². The number of ether oxygens (including phenoxy) is 1. The lowest BCUT2D eigenvalue weighted by atomic mass is 9.98. The molecule has 1 heterocycles. The third kappa shape index (κ3) is 1.56. The second-order valence-corrected chi connectivity index (χ2v) is 2.98. The van der Waals surface area contributed by atoms with Crippen LogP contribution < -0.4 is 5.32 Å². The fourth-order valence-electron chi connectivity index (χ4n) is 1.53. The minimum absolute atomic E-state index is 0.111. The smallest absolute Gasteiger partial charge is 0.336 e. The van der Waals surface area contributed by atoms with Crippen molar-refractivity contribution < 1.29 is 14.3 Å². The quantitative estimate of drug-likeness (QED) is 0.637. The van der Waals surface area contributed by atoms with E-state index in [1.165, 1.54) is 7.11 Å². The number of methoxy groups -OCH3 is 1. The van der Waals surface area contributed by atoms with Crippen LogP contribution in [0.3, 0.4) is 0 Å². The third-order valence-corrected chi connectivity index (χ3v) is 2.19. The molecule has 0 spiro atoms. The number of rotatable bonds is 2. The second-order valence-electron chi connectivity index (χ2n) is 2.98. The zero-order valence-corrected chi connectivity index (χ0v) is 8.01. The third-order valence-electron chi connectivity index (χ3n) is 2.19. The molecule has 0 saturated heterocycles. The Balaban J connectivity index is 2.97. The highest BCUT2D eigenvalue weighted by molar-refractivity contribution is 6.01. The molecule has 1 aliphatic rings. The molecule has 4 heteroatoms. The summed E-state index contributed by atoms with van der Waals surface area (Å²) in [7, 11) is 1.32. The van der Waals surface area contributed by atoms with Crippen molar-refractivity contribution in [1.82, 2.24) is 5.32 Å². The molecule has 1 unspecified atom stereocenters. The number of amides is 1. The van der Waals surface area contributed by atoms with E-state index in [0.29, 0.717) is 17.7 Å². The molecule has 1 aliphatic heterocycles. The van der Waals surface area contributed by atoms with Gasteiger partial charge in [0.1, 0.15) is 0 Å². The Bertz CT molecular complexity index is 281. The zero-order valence-electron chi connectivity index (χ0n) is 8.01. The van der Waals surface area contributed by atoms with Gasteiger partial charge < -0.3 is 10.1 Å². The van der Waals surface area contributed by atoms with Crippen LogP contribution in [0.2, 0.25) is 0 Å². The Morgan fingerprint density at radius 1 is 1.62 bits per heavy atom. The average Bonchev–Trinajstić information content (AvgIpc) is 2.39. The van der Waals surface area contributed by atoms with Gasteiger partial charge in [-0.1, -0.05) is 6.92 Å². The number of hydrogen-bond acceptors (Lipinski definition) is 3. The molecule has 0 bridgehead atoms. The van der Waals surface area contributed by atoms with Gasteiger partial charge in [0, 0.05) is 5.70 Å². The molecule has 0 fully saturated rings. The summed E-state index contributed by atoms with van der Waals surface area (Å²) in [5, 5.41) is 2.62. The van der Waals surface area contributed by atoms with E-state index >= 15 is 0 Å². The van der Waals surface area contributed by atoms with E-state index in [2.05, 4.69) is 10.1 Å². The van der Waals surface area contributed by atoms with Crippen LogP contribution in [0.25, 0.3) is 0 Å². The van der Waals surface area contributed by atoms with Crippen LogP contribution in [0.15, 0.2) is 11.3 Å². The molecule has 4 nitrogen and oxygen atoms in total. The van der Waals surface area contributed by atoms with Crippen LogP contribution in [-0.2, 0) is 14.3 Å². The summed E-state index contributed by atoms with van der Waals surface area (Å²) >= 11 is 0. The van der Waals surface area contributed by atoms with Crippen LogP contribution >= 0.6 is 0 Å². The van der Waals surface area contributed by atoms with Crippen molar-refractivity contribution in [3.63, 3.8) is 0 Å². The Kier molecular flexibility index (Phi) is 2.70. The Hall–Kier alpha value is -1.32. The van der Waals surface area contributed by atoms with Gasteiger partial charge in [0.2, 0.25) is 5.91 Å². The Morgan fingerprint density at radius 2 is 2.23 bits per heavy atom. The summed E-state index contributed by atoms with van der Waals surface area (Å²) in [5.41, 5.74) is 1.08. The van der Waals surface area contributed by atoms with Crippen LogP contribution in [0.1, 0.15) is 20.3 Å². The van der Waals surface area contributed by atoms with Gasteiger partial charge in [-0.05, 0) is 13.3 Å². The summed E-state index contributed by atoms with van der Waals surface area (Å²) in [6.07, 6.45) is 0.619. The van der Waals surface area contributed by atoms with E-state index in [4.69, 9.17) is 0 Å². The normalized spacial score (nSPS) is 21.8. The van der Waals surface area contributed by atoms with Crippen molar-refractivity contribution in [1.29, 1.82) is 0 Å². The van der Waals surface area contributed by atoms with Gasteiger partial charge in [0.05, 0.1) is 18.6 Å². The molecule has 13 heavy (non-hydrogen) atoms. The maximum atomic E-state index is 11.3. The fourth-order valence-corrected chi connectivity index (χ4v) is 1.53. The summed E-state index contributed by atoms with van der Waals surface area (Å²) in [5.74, 6) is -0.865. The van der Waals surface area contributed by atoms with Crippen LogP contribution in [0.5, 0.6) is 0 Å². The van der Waals surface area contributed by atoms with Gasteiger partial charge >= 0.3 is 5.97 Å². The summed E-state index contributed by atoms with van der Waals surface area (Å²) in [6.45, 7) is 3.58. The highest BCUT2D eigenvalue weighted by atomic mass is 16.5. The van der Waals surface area contributed by atoms with Crippen molar-refractivity contribution in [3.05, 3.63) is 11.3 Å². The van der Waals surface area contributed by atoms with Gasteiger partial charge in [-0.2, -0.15) is 0 Å². The Morgan fingerprint density at radius 3 is 2.69 bits per heavy atom. The van der Waals surface area contributed by atoms with Crippen molar-refractivity contribution >= 4 is 11.9 Å².